The third-order valence-corrected chi connectivity index (χ3v) is 13.9. The van der Waals surface area contributed by atoms with Gasteiger partial charge in [-0.15, -0.1) is 10.2 Å². The van der Waals surface area contributed by atoms with Gasteiger partial charge in [-0.25, -0.2) is 0 Å². The maximum absolute atomic E-state index is 14.3. The van der Waals surface area contributed by atoms with Crippen molar-refractivity contribution in [3.05, 3.63) is 252 Å². The van der Waals surface area contributed by atoms with Gasteiger partial charge < -0.3 is 19.3 Å². The topological polar surface area (TPSA) is 109 Å². The van der Waals surface area contributed by atoms with E-state index >= 15 is 0 Å². The summed E-state index contributed by atoms with van der Waals surface area (Å²) in [5, 5.41) is 26.1. The lowest BCUT2D eigenvalue weighted by Crippen LogP contribution is -2.27. The van der Waals surface area contributed by atoms with Crippen molar-refractivity contribution < 1.29 is 19.1 Å². The minimum Gasteiger partial charge on any atom is -0.494 e. The van der Waals surface area contributed by atoms with Crippen LogP contribution in [0, 0.1) is 0 Å². The Morgan fingerprint density at radius 3 is 1.03 bits per heavy atom. The van der Waals surface area contributed by atoms with Crippen molar-refractivity contribution in [2.24, 2.45) is 20.5 Å². The van der Waals surface area contributed by atoms with Crippen LogP contribution >= 0.6 is 0 Å². The molecule has 0 aliphatic heterocycles. The van der Waals surface area contributed by atoms with E-state index in [1.807, 2.05) is 194 Å². The fraction of sp³-hybridized carbons (Fsp3) is 0.0588. The normalized spacial score (nSPS) is 11.7. The SMILES string of the molecule is COc1c(C(=O)N(C)c2cccc3ccccc23)cc2ccccc2c1N=Nc1ccc(C=Cc2ccc(C=Cc3ccc(N=Nc4c(OC)c(C(=O)N(C)c5cccc6ccccc56)cc5ccccc45)cc3)cc2)cc1. The molecule has 0 heterocycles. The number of anilines is 2. The minimum absolute atomic E-state index is 0.218. The molecule has 0 saturated heterocycles. The standard InChI is InChI=1S/C68H52N6O4/c1-73(61-25-13-19-49-15-5-9-21-55(49)61)67(75)59-43-51-17-7-11-23-57(51)63(65(59)77-3)71-69-53-39-35-47(36-40-53)33-31-45-27-29-46(30-28-45)32-34-48-37-41-54(42-38-48)70-72-64-58-24-12-8-18-52(58)44-60(66(64)78-4)68(76)74(2)62-26-14-20-50-16-6-10-22-56(50)62/h5-44H,1-4H3. The number of carbonyl (C=O) groups excluding carboxylic acids is 2. The molecule has 78 heavy (non-hydrogen) atoms. The number of azo groups is 2. The highest BCUT2D eigenvalue weighted by Gasteiger charge is 2.26. The maximum Gasteiger partial charge on any atom is 0.261 e. The van der Waals surface area contributed by atoms with E-state index in [0.717, 1.165) is 76.7 Å². The van der Waals surface area contributed by atoms with Gasteiger partial charge in [0.05, 0.1) is 48.1 Å². The Morgan fingerprint density at radius 2 is 0.667 bits per heavy atom. The van der Waals surface area contributed by atoms with Crippen LogP contribution in [0.1, 0.15) is 43.0 Å². The van der Waals surface area contributed by atoms with Crippen LogP contribution in [0.15, 0.2) is 239 Å². The van der Waals surface area contributed by atoms with E-state index in [4.69, 9.17) is 19.7 Å². The smallest absolute Gasteiger partial charge is 0.261 e. The number of hydrogen-bond donors (Lipinski definition) is 0. The molecule has 0 atom stereocenters. The van der Waals surface area contributed by atoms with E-state index in [-0.39, 0.29) is 11.8 Å². The minimum atomic E-state index is -0.218. The van der Waals surface area contributed by atoms with E-state index in [1.54, 1.807) is 38.1 Å². The largest absolute Gasteiger partial charge is 0.494 e. The molecule has 0 aliphatic rings. The second-order valence-corrected chi connectivity index (χ2v) is 18.7. The first-order valence-electron chi connectivity index (χ1n) is 25.5. The summed E-state index contributed by atoms with van der Waals surface area (Å²) in [5.74, 6) is 0.282. The van der Waals surface area contributed by atoms with Crippen LogP contribution in [-0.4, -0.2) is 40.1 Å². The molecule has 0 aliphatic carbocycles. The summed E-state index contributed by atoms with van der Waals surface area (Å²) in [4.78, 5) is 31.8. The first kappa shape index (κ1) is 49.9. The van der Waals surface area contributed by atoms with Gasteiger partial charge >= 0.3 is 0 Å². The molecule has 11 aromatic rings. The Hall–Kier alpha value is -10.3. The Bertz CT molecular complexity index is 3900. The molecule has 11 aromatic carbocycles. The number of hydrogen-bond acceptors (Lipinski definition) is 8. The van der Waals surface area contributed by atoms with Gasteiger partial charge in [0.1, 0.15) is 11.4 Å². The van der Waals surface area contributed by atoms with Crippen LogP contribution < -0.4 is 19.3 Å². The molecule has 0 aromatic heterocycles. The van der Waals surface area contributed by atoms with Gasteiger partial charge in [0, 0.05) is 35.6 Å². The van der Waals surface area contributed by atoms with Gasteiger partial charge in [0.25, 0.3) is 11.8 Å². The number of ether oxygens (including phenoxy) is 2. The zero-order chi connectivity index (χ0) is 53.5. The van der Waals surface area contributed by atoms with Crippen molar-refractivity contribution in [2.75, 3.05) is 38.1 Å². The lowest BCUT2D eigenvalue weighted by atomic mass is 10.0. The average molecular weight is 1020 g/mol. The first-order valence-corrected chi connectivity index (χ1v) is 25.5. The van der Waals surface area contributed by atoms with Gasteiger partial charge in [0.15, 0.2) is 11.5 Å². The number of fused-ring (bicyclic) bond motifs is 4. The van der Waals surface area contributed by atoms with Crippen LogP contribution in [0.3, 0.4) is 0 Å². The highest BCUT2D eigenvalue weighted by atomic mass is 16.5. The van der Waals surface area contributed by atoms with Crippen molar-refractivity contribution in [2.45, 2.75) is 0 Å². The molecule has 0 bridgehead atoms. The number of amides is 2. The highest BCUT2D eigenvalue weighted by molar-refractivity contribution is 6.16. The van der Waals surface area contributed by atoms with E-state index < -0.39 is 0 Å². The van der Waals surface area contributed by atoms with Gasteiger partial charge in [-0.2, -0.15) is 10.2 Å². The molecule has 378 valence electrons. The average Bonchev–Trinajstić information content (AvgIpc) is 3.61. The molecule has 0 saturated carbocycles. The monoisotopic (exact) mass is 1020 g/mol. The van der Waals surface area contributed by atoms with Crippen LogP contribution in [0.25, 0.3) is 67.4 Å². The van der Waals surface area contributed by atoms with E-state index in [9.17, 15) is 9.59 Å². The summed E-state index contributed by atoms with van der Waals surface area (Å²) in [7, 11) is 6.68. The van der Waals surface area contributed by atoms with Crippen molar-refractivity contribution in [1.82, 2.24) is 0 Å². The molecule has 0 N–H and O–H groups in total. The molecule has 10 nitrogen and oxygen atoms in total. The molecule has 0 radical (unpaired) electrons. The maximum atomic E-state index is 14.3. The molecule has 0 spiro atoms. The Morgan fingerprint density at radius 1 is 0.359 bits per heavy atom. The zero-order valence-corrected chi connectivity index (χ0v) is 43.4. The molecule has 0 unspecified atom stereocenters. The summed E-state index contributed by atoms with van der Waals surface area (Å²) in [5.41, 5.74) is 8.78. The fourth-order valence-corrected chi connectivity index (χ4v) is 9.75. The number of benzene rings is 11. The van der Waals surface area contributed by atoms with Gasteiger partial charge in [-0.3, -0.25) is 9.59 Å². The Kier molecular flexibility index (Phi) is 14.2. The Balaban J connectivity index is 0.746. The Labute approximate surface area is 452 Å². The summed E-state index contributed by atoms with van der Waals surface area (Å²) >= 11 is 0. The van der Waals surface area contributed by atoms with Gasteiger partial charge in [-0.1, -0.05) is 194 Å². The summed E-state index contributed by atoms with van der Waals surface area (Å²) in [6, 6.07) is 71.2. The lowest BCUT2D eigenvalue weighted by Gasteiger charge is -2.21. The van der Waals surface area contributed by atoms with Gasteiger partial charge in [-0.05, 0) is 92.3 Å². The molecule has 10 heteroatoms. The number of carbonyl (C=O) groups is 2. The third kappa shape index (κ3) is 10.3. The molecule has 2 amide bonds. The van der Waals surface area contributed by atoms with Crippen LogP contribution in [0.4, 0.5) is 34.1 Å². The first-order chi connectivity index (χ1) is 38.2. The lowest BCUT2D eigenvalue weighted by molar-refractivity contribution is 0.0982. The second-order valence-electron chi connectivity index (χ2n) is 18.7. The predicted octanol–water partition coefficient (Wildman–Crippen LogP) is 18.0. The fourth-order valence-electron chi connectivity index (χ4n) is 9.75. The van der Waals surface area contributed by atoms with Gasteiger partial charge in [0.2, 0.25) is 0 Å². The van der Waals surface area contributed by atoms with Crippen LogP contribution in [-0.2, 0) is 0 Å². The summed E-state index contributed by atoms with van der Waals surface area (Å²) in [6.07, 6.45) is 8.26. The summed E-state index contributed by atoms with van der Waals surface area (Å²) in [6.45, 7) is 0. The molecular weight excluding hydrogens is 965 g/mol. The molecular formula is C68H52N6O4. The van der Waals surface area contributed by atoms with Crippen molar-refractivity contribution >= 4 is 113 Å². The zero-order valence-electron chi connectivity index (χ0n) is 43.4. The second kappa shape index (κ2) is 22.3. The van der Waals surface area contributed by atoms with E-state index in [2.05, 4.69) is 58.8 Å². The third-order valence-electron chi connectivity index (χ3n) is 13.9. The molecule has 0 fully saturated rings. The molecule has 11 rings (SSSR count). The van der Waals surface area contributed by atoms with Crippen molar-refractivity contribution in [1.29, 1.82) is 0 Å². The summed E-state index contributed by atoms with van der Waals surface area (Å²) < 4.78 is 11.9. The highest BCUT2D eigenvalue weighted by Crippen LogP contribution is 2.43. The predicted molar refractivity (Wildman–Crippen MR) is 320 cm³/mol. The quantitative estimate of drug-likeness (QED) is 0.0798. The number of nitrogens with zero attached hydrogens (tertiary/aromatic N) is 6. The number of methoxy groups -OCH3 is 2. The van der Waals surface area contributed by atoms with Crippen LogP contribution in [0.5, 0.6) is 11.5 Å². The van der Waals surface area contributed by atoms with Crippen molar-refractivity contribution in [3.8, 4) is 11.5 Å². The van der Waals surface area contributed by atoms with Crippen LogP contribution in [0.2, 0.25) is 0 Å². The van der Waals surface area contributed by atoms with E-state index in [0.29, 0.717) is 45.4 Å². The number of rotatable bonds is 14. The van der Waals surface area contributed by atoms with E-state index in [1.165, 1.54) is 0 Å². The van der Waals surface area contributed by atoms with Crippen molar-refractivity contribution in [3.63, 3.8) is 0 Å².